The van der Waals surface area contributed by atoms with Gasteiger partial charge >= 0.3 is 0 Å². The van der Waals surface area contributed by atoms with E-state index in [2.05, 4.69) is 127 Å². The van der Waals surface area contributed by atoms with E-state index < -0.39 is 0 Å². The van der Waals surface area contributed by atoms with Gasteiger partial charge < -0.3 is 4.42 Å². The van der Waals surface area contributed by atoms with E-state index in [-0.39, 0.29) is 0 Å². The van der Waals surface area contributed by atoms with Crippen LogP contribution in [0.3, 0.4) is 0 Å². The number of nitrogens with zero attached hydrogens (tertiary/aromatic N) is 3. The van der Waals surface area contributed by atoms with Crippen molar-refractivity contribution in [2.75, 3.05) is 0 Å². The standard InChI is InChI=1S/C47H29N3O/c1-3-12-32(13-4-1)40-28-37-17-9-10-18-39(37)44-43(40)41-29-38(25-26-42(41)51-44)47-49-45(33-14-5-2-6-15-33)48-46(50-47)34-22-19-31(20-23-34)36-24-21-30-11-7-8-16-35(30)27-36/h1-29H. The molecule has 2 heterocycles. The highest BCUT2D eigenvalue weighted by Gasteiger charge is 2.19. The van der Waals surface area contributed by atoms with Crippen molar-refractivity contribution in [1.29, 1.82) is 0 Å². The van der Waals surface area contributed by atoms with Gasteiger partial charge in [-0.2, -0.15) is 0 Å². The quantitative estimate of drug-likeness (QED) is 0.186. The number of rotatable bonds is 5. The maximum absolute atomic E-state index is 6.62. The normalized spacial score (nSPS) is 11.5. The van der Waals surface area contributed by atoms with Crippen LogP contribution in [0.1, 0.15) is 0 Å². The van der Waals surface area contributed by atoms with Crippen LogP contribution in [-0.4, -0.2) is 15.0 Å². The lowest BCUT2D eigenvalue weighted by Gasteiger charge is -2.10. The molecule has 0 spiro atoms. The molecule has 4 heteroatoms. The molecule has 0 amide bonds. The number of furan rings is 1. The van der Waals surface area contributed by atoms with Gasteiger partial charge in [0.15, 0.2) is 17.5 Å². The Kier molecular flexibility index (Phi) is 6.78. The zero-order valence-corrected chi connectivity index (χ0v) is 27.5. The number of hydrogen-bond acceptors (Lipinski definition) is 4. The summed E-state index contributed by atoms with van der Waals surface area (Å²) in [7, 11) is 0. The number of hydrogen-bond donors (Lipinski definition) is 0. The largest absolute Gasteiger partial charge is 0.455 e. The molecule has 0 unspecified atom stereocenters. The van der Waals surface area contributed by atoms with Crippen molar-refractivity contribution in [1.82, 2.24) is 15.0 Å². The third-order valence-corrected chi connectivity index (χ3v) is 9.70. The average molecular weight is 652 g/mol. The molecule has 0 N–H and O–H groups in total. The van der Waals surface area contributed by atoms with Gasteiger partial charge in [0.2, 0.25) is 0 Å². The van der Waals surface area contributed by atoms with Gasteiger partial charge in [-0.15, -0.1) is 0 Å². The molecule has 51 heavy (non-hydrogen) atoms. The van der Waals surface area contributed by atoms with Crippen LogP contribution in [0.2, 0.25) is 0 Å². The van der Waals surface area contributed by atoms with Crippen LogP contribution in [0.15, 0.2) is 180 Å². The number of benzene rings is 8. The first-order valence-electron chi connectivity index (χ1n) is 17.1. The third-order valence-electron chi connectivity index (χ3n) is 9.70. The van der Waals surface area contributed by atoms with Gasteiger partial charge in [-0.25, -0.2) is 15.0 Å². The predicted octanol–water partition coefficient (Wildman–Crippen LogP) is 12.4. The van der Waals surface area contributed by atoms with Crippen LogP contribution in [-0.2, 0) is 0 Å². The summed E-state index contributed by atoms with van der Waals surface area (Å²) >= 11 is 0. The fraction of sp³-hybridized carbons (Fsp3) is 0. The summed E-state index contributed by atoms with van der Waals surface area (Å²) in [5.41, 5.74) is 9.04. The Bertz CT molecular complexity index is 2900. The highest BCUT2D eigenvalue weighted by Crippen LogP contribution is 2.42. The molecule has 0 saturated heterocycles. The molecule has 0 aliphatic carbocycles. The Morgan fingerprint density at radius 2 is 0.882 bits per heavy atom. The molecule has 0 aliphatic heterocycles. The highest BCUT2D eigenvalue weighted by atomic mass is 16.3. The first-order chi connectivity index (χ1) is 25.2. The molecule has 10 aromatic rings. The minimum absolute atomic E-state index is 0.607. The topological polar surface area (TPSA) is 51.8 Å². The zero-order valence-electron chi connectivity index (χ0n) is 27.5. The maximum Gasteiger partial charge on any atom is 0.164 e. The van der Waals surface area contributed by atoms with Crippen molar-refractivity contribution in [3.63, 3.8) is 0 Å². The van der Waals surface area contributed by atoms with Gasteiger partial charge in [-0.05, 0) is 68.7 Å². The molecule has 0 atom stereocenters. The van der Waals surface area contributed by atoms with E-state index in [1.54, 1.807) is 0 Å². The third kappa shape index (κ3) is 5.13. The van der Waals surface area contributed by atoms with Crippen molar-refractivity contribution in [2.24, 2.45) is 0 Å². The van der Waals surface area contributed by atoms with Gasteiger partial charge in [0.25, 0.3) is 0 Å². The summed E-state index contributed by atoms with van der Waals surface area (Å²) < 4.78 is 6.62. The van der Waals surface area contributed by atoms with E-state index in [9.17, 15) is 0 Å². The van der Waals surface area contributed by atoms with Crippen LogP contribution in [0, 0.1) is 0 Å². The Balaban J connectivity index is 1.13. The van der Waals surface area contributed by atoms with Crippen molar-refractivity contribution < 1.29 is 4.42 Å². The van der Waals surface area contributed by atoms with Gasteiger partial charge in [-0.1, -0.05) is 146 Å². The van der Waals surface area contributed by atoms with Crippen molar-refractivity contribution in [3.05, 3.63) is 176 Å². The lowest BCUT2D eigenvalue weighted by atomic mass is 9.95. The van der Waals surface area contributed by atoms with E-state index >= 15 is 0 Å². The summed E-state index contributed by atoms with van der Waals surface area (Å²) in [6.07, 6.45) is 0. The van der Waals surface area contributed by atoms with Crippen LogP contribution in [0.25, 0.3) is 99.9 Å². The zero-order chi connectivity index (χ0) is 33.7. The molecule has 2 aromatic heterocycles. The molecule has 0 bridgehead atoms. The highest BCUT2D eigenvalue weighted by molar-refractivity contribution is 6.21. The lowest BCUT2D eigenvalue weighted by molar-refractivity contribution is 0.673. The Hall–Kier alpha value is -6.91. The predicted molar refractivity (Wildman–Crippen MR) is 209 cm³/mol. The molecule has 4 nitrogen and oxygen atoms in total. The molecule has 238 valence electrons. The molecule has 0 saturated carbocycles. The molecule has 0 aliphatic rings. The summed E-state index contributed by atoms with van der Waals surface area (Å²) in [5.74, 6) is 1.86. The Labute approximate surface area is 294 Å². The fourth-order valence-corrected chi connectivity index (χ4v) is 7.13. The van der Waals surface area contributed by atoms with E-state index in [1.165, 1.54) is 16.3 Å². The van der Waals surface area contributed by atoms with Crippen molar-refractivity contribution in [2.45, 2.75) is 0 Å². The van der Waals surface area contributed by atoms with E-state index in [4.69, 9.17) is 19.4 Å². The second-order valence-corrected chi connectivity index (χ2v) is 12.8. The van der Waals surface area contributed by atoms with Gasteiger partial charge in [0.05, 0.1) is 0 Å². The van der Waals surface area contributed by atoms with E-state index in [1.807, 2.05) is 48.5 Å². The van der Waals surface area contributed by atoms with Crippen LogP contribution in [0.5, 0.6) is 0 Å². The molecular formula is C47H29N3O. The van der Waals surface area contributed by atoms with Crippen molar-refractivity contribution in [3.8, 4) is 56.4 Å². The second kappa shape index (κ2) is 11.9. The Morgan fingerprint density at radius 1 is 0.333 bits per heavy atom. The first kappa shape index (κ1) is 29.0. The maximum atomic E-state index is 6.62. The average Bonchev–Trinajstić information content (AvgIpc) is 3.60. The number of fused-ring (bicyclic) bond motifs is 6. The lowest BCUT2D eigenvalue weighted by Crippen LogP contribution is -2.00. The summed E-state index contributed by atoms with van der Waals surface area (Å²) in [4.78, 5) is 15.1. The van der Waals surface area contributed by atoms with Crippen LogP contribution < -0.4 is 0 Å². The van der Waals surface area contributed by atoms with Crippen LogP contribution >= 0.6 is 0 Å². The summed E-state index contributed by atoms with van der Waals surface area (Å²) in [6, 6.07) is 61.1. The van der Waals surface area contributed by atoms with Gasteiger partial charge in [0.1, 0.15) is 11.2 Å². The first-order valence-corrected chi connectivity index (χ1v) is 17.1. The van der Waals surface area contributed by atoms with E-state index in [0.29, 0.717) is 17.5 Å². The summed E-state index contributed by atoms with van der Waals surface area (Å²) in [6.45, 7) is 0. The molecule has 10 rings (SSSR count). The molecule has 0 fully saturated rings. The minimum Gasteiger partial charge on any atom is -0.455 e. The minimum atomic E-state index is 0.607. The molecule has 0 radical (unpaired) electrons. The van der Waals surface area contributed by atoms with E-state index in [0.717, 1.165) is 66.1 Å². The van der Waals surface area contributed by atoms with Crippen LogP contribution in [0.4, 0.5) is 0 Å². The van der Waals surface area contributed by atoms with Crippen molar-refractivity contribution >= 4 is 43.5 Å². The van der Waals surface area contributed by atoms with Gasteiger partial charge in [0, 0.05) is 32.8 Å². The molecule has 8 aromatic carbocycles. The smallest absolute Gasteiger partial charge is 0.164 e. The molecular weight excluding hydrogens is 623 g/mol. The summed E-state index contributed by atoms with van der Waals surface area (Å²) in [5, 5.41) is 6.79. The Morgan fingerprint density at radius 3 is 1.63 bits per heavy atom. The fourth-order valence-electron chi connectivity index (χ4n) is 7.13. The second-order valence-electron chi connectivity index (χ2n) is 12.8. The van der Waals surface area contributed by atoms with Gasteiger partial charge in [-0.3, -0.25) is 0 Å². The number of aromatic nitrogens is 3. The monoisotopic (exact) mass is 651 g/mol. The SMILES string of the molecule is c1ccc(-c2nc(-c3ccc(-c4ccc5ccccc5c4)cc3)nc(-c3ccc4oc5c6ccccc6cc(-c6ccccc6)c5c4c3)n2)cc1.